The van der Waals surface area contributed by atoms with Crippen LogP contribution in [0, 0.1) is 0 Å². The fourth-order valence-corrected chi connectivity index (χ4v) is 1.09. The highest BCUT2D eigenvalue weighted by Gasteiger charge is 2.22. The van der Waals surface area contributed by atoms with Crippen LogP contribution in [0.1, 0.15) is 26.5 Å². The van der Waals surface area contributed by atoms with Crippen molar-refractivity contribution < 1.29 is 9.53 Å². The van der Waals surface area contributed by atoms with Gasteiger partial charge in [0.1, 0.15) is 11.6 Å². The quantitative estimate of drug-likeness (QED) is 0.718. The van der Waals surface area contributed by atoms with Gasteiger partial charge in [-0.2, -0.15) is 0 Å². The van der Waals surface area contributed by atoms with E-state index < -0.39 is 17.6 Å². The molecule has 3 N–H and O–H groups in total. The second-order valence-electron chi connectivity index (χ2n) is 4.40. The lowest BCUT2D eigenvalue weighted by molar-refractivity contribution is -0.156. The molecule has 1 rings (SSSR count). The summed E-state index contributed by atoms with van der Waals surface area (Å²) in [5.41, 5.74) is 5.95. The van der Waals surface area contributed by atoms with E-state index in [9.17, 15) is 4.79 Å². The van der Waals surface area contributed by atoms with E-state index in [1.807, 2.05) is 20.8 Å². The van der Waals surface area contributed by atoms with Crippen molar-refractivity contribution in [1.29, 1.82) is 0 Å². The van der Waals surface area contributed by atoms with Crippen molar-refractivity contribution in [2.24, 2.45) is 5.73 Å². The lowest BCUT2D eigenvalue weighted by Crippen LogP contribution is -2.38. The minimum absolute atomic E-state index is 0.387. The van der Waals surface area contributed by atoms with E-state index in [1.165, 1.54) is 0 Å². The Bertz CT molecular complexity index is 314. The Morgan fingerprint density at radius 1 is 1.67 bits per heavy atom. The number of ether oxygens (including phenoxy) is 1. The third-order valence-electron chi connectivity index (χ3n) is 1.69. The van der Waals surface area contributed by atoms with Crippen LogP contribution in [0.5, 0.6) is 0 Å². The molecule has 5 heteroatoms. The molecule has 1 aromatic heterocycles. The summed E-state index contributed by atoms with van der Waals surface area (Å²) in [5, 5.41) is 0. The number of hydrogen-bond donors (Lipinski definition) is 2. The van der Waals surface area contributed by atoms with Crippen molar-refractivity contribution in [3.63, 3.8) is 0 Å². The van der Waals surface area contributed by atoms with Crippen molar-refractivity contribution in [2.45, 2.75) is 38.8 Å². The highest BCUT2D eigenvalue weighted by atomic mass is 16.6. The molecule has 0 aliphatic heterocycles. The highest BCUT2D eigenvalue weighted by Crippen LogP contribution is 2.09. The second-order valence-corrected chi connectivity index (χ2v) is 4.40. The number of aromatic amines is 1. The first-order valence-electron chi connectivity index (χ1n) is 4.84. The fraction of sp³-hybridized carbons (Fsp3) is 0.600. The number of carbonyl (C=O) groups excluding carboxylic acids is 1. The smallest absolute Gasteiger partial charge is 0.323 e. The Balaban J connectivity index is 2.47. The van der Waals surface area contributed by atoms with Crippen LogP contribution in [0.3, 0.4) is 0 Å². The largest absolute Gasteiger partial charge is 0.459 e. The molecule has 0 saturated heterocycles. The van der Waals surface area contributed by atoms with E-state index in [4.69, 9.17) is 10.5 Å². The predicted molar refractivity (Wildman–Crippen MR) is 56.1 cm³/mol. The Hall–Kier alpha value is -1.36. The molecule has 0 radical (unpaired) electrons. The van der Waals surface area contributed by atoms with Gasteiger partial charge in [-0.1, -0.05) is 0 Å². The summed E-state index contributed by atoms with van der Waals surface area (Å²) in [7, 11) is 0. The summed E-state index contributed by atoms with van der Waals surface area (Å²) < 4.78 is 5.15. The maximum Gasteiger partial charge on any atom is 0.323 e. The normalized spacial score (nSPS) is 13.6. The number of esters is 1. The molecular weight excluding hydrogens is 194 g/mol. The van der Waals surface area contributed by atoms with Crippen molar-refractivity contribution in [3.8, 4) is 0 Å². The predicted octanol–water partition coefficient (Wildman–Crippen LogP) is 0.621. The van der Waals surface area contributed by atoms with Crippen LogP contribution in [-0.2, 0) is 16.0 Å². The van der Waals surface area contributed by atoms with Crippen LogP contribution in [0.4, 0.5) is 0 Å². The zero-order valence-corrected chi connectivity index (χ0v) is 9.28. The van der Waals surface area contributed by atoms with Crippen LogP contribution in [0.25, 0.3) is 0 Å². The molecule has 0 amide bonds. The molecule has 0 unspecified atom stereocenters. The number of imidazole rings is 1. The number of carbonyl (C=O) groups is 1. The van der Waals surface area contributed by atoms with Gasteiger partial charge in [-0.15, -0.1) is 0 Å². The molecule has 0 aromatic carbocycles. The maximum atomic E-state index is 11.5. The van der Waals surface area contributed by atoms with Crippen molar-refractivity contribution >= 4 is 5.97 Å². The first-order valence-corrected chi connectivity index (χ1v) is 4.84. The summed E-state index contributed by atoms with van der Waals surface area (Å²) in [6.07, 6.45) is 3.65. The second kappa shape index (κ2) is 4.44. The van der Waals surface area contributed by atoms with Crippen molar-refractivity contribution in [2.75, 3.05) is 0 Å². The number of H-pyrrole nitrogens is 1. The van der Waals surface area contributed by atoms with E-state index in [1.54, 1.807) is 12.5 Å². The third kappa shape index (κ3) is 4.12. The molecule has 0 spiro atoms. The Kier molecular flexibility index (Phi) is 3.47. The number of rotatable bonds is 3. The molecule has 0 aliphatic rings. The van der Waals surface area contributed by atoms with Crippen LogP contribution in [0.15, 0.2) is 12.5 Å². The summed E-state index contributed by atoms with van der Waals surface area (Å²) in [4.78, 5) is 18.3. The molecule has 0 saturated carbocycles. The molecule has 1 atom stereocenters. The number of nitrogens with two attached hydrogens (primary N) is 1. The number of nitrogens with zero attached hydrogens (tertiary/aromatic N) is 1. The monoisotopic (exact) mass is 211 g/mol. The summed E-state index contributed by atoms with van der Waals surface area (Å²) in [6, 6.07) is -0.660. The average molecular weight is 211 g/mol. The maximum absolute atomic E-state index is 11.5. The molecule has 1 heterocycles. The molecule has 84 valence electrons. The average Bonchev–Trinajstić information content (AvgIpc) is 2.53. The zero-order chi connectivity index (χ0) is 11.5. The van der Waals surface area contributed by atoms with Gasteiger partial charge in [-0.25, -0.2) is 4.98 Å². The first kappa shape index (κ1) is 11.7. The van der Waals surface area contributed by atoms with E-state index in [0.717, 1.165) is 5.69 Å². The van der Waals surface area contributed by atoms with E-state index in [0.29, 0.717) is 6.42 Å². The van der Waals surface area contributed by atoms with Crippen LogP contribution >= 0.6 is 0 Å². The Labute approximate surface area is 89.0 Å². The lowest BCUT2D eigenvalue weighted by atomic mass is 10.1. The van der Waals surface area contributed by atoms with Crippen molar-refractivity contribution in [3.05, 3.63) is 18.2 Å². The SMILES string of the molecule is CC(C)(C)OC(=O)[C@@H](N)Cc1c[nH]cn1. The summed E-state index contributed by atoms with van der Waals surface area (Å²) in [5.74, 6) is -0.398. The zero-order valence-electron chi connectivity index (χ0n) is 9.28. The molecule has 0 fully saturated rings. The Morgan fingerprint density at radius 3 is 2.80 bits per heavy atom. The summed E-state index contributed by atoms with van der Waals surface area (Å²) >= 11 is 0. The third-order valence-corrected chi connectivity index (χ3v) is 1.69. The van der Waals surface area contributed by atoms with Crippen LogP contribution in [0.2, 0.25) is 0 Å². The molecule has 0 aliphatic carbocycles. The number of nitrogens with one attached hydrogen (secondary N) is 1. The molecule has 1 aromatic rings. The Morgan fingerprint density at radius 2 is 2.33 bits per heavy atom. The topological polar surface area (TPSA) is 81.0 Å². The minimum Gasteiger partial charge on any atom is -0.459 e. The lowest BCUT2D eigenvalue weighted by Gasteiger charge is -2.21. The van der Waals surface area contributed by atoms with Gasteiger partial charge in [0.25, 0.3) is 0 Å². The van der Waals surface area contributed by atoms with E-state index in [2.05, 4.69) is 9.97 Å². The van der Waals surface area contributed by atoms with Gasteiger partial charge >= 0.3 is 5.97 Å². The van der Waals surface area contributed by atoms with E-state index in [-0.39, 0.29) is 0 Å². The van der Waals surface area contributed by atoms with Gasteiger partial charge in [-0.05, 0) is 20.8 Å². The van der Waals surface area contributed by atoms with Crippen molar-refractivity contribution in [1.82, 2.24) is 9.97 Å². The van der Waals surface area contributed by atoms with E-state index >= 15 is 0 Å². The van der Waals surface area contributed by atoms with Crippen LogP contribution in [-0.4, -0.2) is 27.6 Å². The molecule has 15 heavy (non-hydrogen) atoms. The molecule has 5 nitrogen and oxygen atoms in total. The van der Waals surface area contributed by atoms with Gasteiger partial charge < -0.3 is 15.5 Å². The number of aromatic nitrogens is 2. The fourth-order valence-electron chi connectivity index (χ4n) is 1.09. The molecular formula is C10H17N3O2. The highest BCUT2D eigenvalue weighted by molar-refractivity contribution is 5.76. The van der Waals surface area contributed by atoms with Crippen LogP contribution < -0.4 is 5.73 Å². The number of hydrogen-bond acceptors (Lipinski definition) is 4. The summed E-state index contributed by atoms with van der Waals surface area (Å²) in [6.45, 7) is 5.44. The standard InChI is InChI=1S/C10H17N3O2/c1-10(2,3)15-9(14)8(11)4-7-5-12-6-13-7/h5-6,8H,4,11H2,1-3H3,(H,12,13)/t8-/m0/s1. The van der Waals surface area contributed by atoms with Gasteiger partial charge in [0.05, 0.1) is 12.0 Å². The van der Waals surface area contributed by atoms with Gasteiger partial charge in [0.15, 0.2) is 0 Å². The minimum atomic E-state index is -0.660. The van der Waals surface area contributed by atoms with Gasteiger partial charge in [-0.3, -0.25) is 4.79 Å². The van der Waals surface area contributed by atoms with Gasteiger partial charge in [0.2, 0.25) is 0 Å². The van der Waals surface area contributed by atoms with Gasteiger partial charge in [0, 0.05) is 12.6 Å². The molecule has 0 bridgehead atoms. The first-order chi connectivity index (χ1) is 6.88.